The van der Waals surface area contributed by atoms with Crippen LogP contribution in [0.25, 0.3) is 0 Å². The van der Waals surface area contributed by atoms with E-state index in [1.807, 2.05) is 6.92 Å². The maximum Gasteiger partial charge on any atom is 0.232 e. The summed E-state index contributed by atoms with van der Waals surface area (Å²) in [4.78, 5) is 25.7. The summed E-state index contributed by atoms with van der Waals surface area (Å²) in [5.41, 5.74) is -0.713. The van der Waals surface area contributed by atoms with Gasteiger partial charge < -0.3 is 5.11 Å². The van der Waals surface area contributed by atoms with Crippen molar-refractivity contribution < 1.29 is 14.7 Å². The second-order valence-corrected chi connectivity index (χ2v) is 5.23. The quantitative estimate of drug-likeness (QED) is 0.727. The topological polar surface area (TPSA) is 57.6 Å². The number of amides is 2. The maximum atomic E-state index is 12.2. The Labute approximate surface area is 95.6 Å². The van der Waals surface area contributed by atoms with E-state index in [1.165, 1.54) is 4.90 Å². The molecule has 16 heavy (non-hydrogen) atoms. The molecule has 0 radical (unpaired) electrons. The molecule has 1 saturated carbocycles. The van der Waals surface area contributed by atoms with Crippen molar-refractivity contribution in [3.05, 3.63) is 0 Å². The van der Waals surface area contributed by atoms with Crippen LogP contribution in [0, 0.1) is 11.8 Å². The monoisotopic (exact) mass is 225 g/mol. The van der Waals surface area contributed by atoms with Crippen molar-refractivity contribution in [3.8, 4) is 0 Å². The predicted molar refractivity (Wildman–Crippen MR) is 58.5 cm³/mol. The van der Waals surface area contributed by atoms with Gasteiger partial charge in [0.2, 0.25) is 11.8 Å². The number of hydrogen-bond donors (Lipinski definition) is 1. The van der Waals surface area contributed by atoms with E-state index < -0.39 is 5.54 Å². The zero-order valence-corrected chi connectivity index (χ0v) is 9.90. The molecule has 2 aliphatic rings. The lowest BCUT2D eigenvalue weighted by atomic mass is 9.89. The first kappa shape index (κ1) is 11.6. The Morgan fingerprint density at radius 3 is 2.19 bits per heavy atom. The first-order chi connectivity index (χ1) is 7.53. The molecule has 1 saturated heterocycles. The van der Waals surface area contributed by atoms with Gasteiger partial charge in [0.1, 0.15) is 0 Å². The summed E-state index contributed by atoms with van der Waals surface area (Å²) < 4.78 is 0. The van der Waals surface area contributed by atoms with Gasteiger partial charge in [-0.25, -0.2) is 0 Å². The number of rotatable bonds is 3. The fourth-order valence-electron chi connectivity index (χ4n) is 2.78. The van der Waals surface area contributed by atoms with Crippen molar-refractivity contribution in [2.45, 2.75) is 45.1 Å². The summed E-state index contributed by atoms with van der Waals surface area (Å²) in [7, 11) is 0. The molecular formula is C12H19NO3. The molecule has 3 atom stereocenters. The smallest absolute Gasteiger partial charge is 0.232 e. The van der Waals surface area contributed by atoms with E-state index in [0.29, 0.717) is 6.42 Å². The van der Waals surface area contributed by atoms with Crippen LogP contribution in [0.3, 0.4) is 0 Å². The number of aliphatic hydroxyl groups is 1. The third-order valence-electron chi connectivity index (χ3n) is 4.21. The first-order valence-corrected chi connectivity index (χ1v) is 6.02. The van der Waals surface area contributed by atoms with Gasteiger partial charge in [0.15, 0.2) is 0 Å². The van der Waals surface area contributed by atoms with Gasteiger partial charge in [-0.2, -0.15) is 0 Å². The van der Waals surface area contributed by atoms with Crippen LogP contribution in [0.4, 0.5) is 0 Å². The molecule has 4 heteroatoms. The summed E-state index contributed by atoms with van der Waals surface area (Å²) in [6, 6.07) is 0. The van der Waals surface area contributed by atoms with Crippen LogP contribution in [-0.4, -0.2) is 34.0 Å². The zero-order valence-electron chi connectivity index (χ0n) is 9.90. The summed E-state index contributed by atoms with van der Waals surface area (Å²) >= 11 is 0. The van der Waals surface area contributed by atoms with Gasteiger partial charge in [-0.15, -0.1) is 0 Å². The Morgan fingerprint density at radius 2 is 1.81 bits per heavy atom. The highest BCUT2D eigenvalue weighted by Crippen LogP contribution is 2.41. The summed E-state index contributed by atoms with van der Waals surface area (Å²) in [5, 5.41) is 9.42. The molecule has 3 unspecified atom stereocenters. The molecule has 2 amide bonds. The van der Waals surface area contributed by atoms with Gasteiger partial charge in [0, 0.05) is 11.8 Å². The van der Waals surface area contributed by atoms with E-state index in [4.69, 9.17) is 0 Å². The summed E-state index contributed by atoms with van der Waals surface area (Å²) in [5.74, 6) is -0.116. The minimum absolute atomic E-state index is 0.0140. The lowest BCUT2D eigenvalue weighted by Crippen LogP contribution is -2.59. The van der Waals surface area contributed by atoms with E-state index in [-0.39, 0.29) is 30.3 Å². The normalized spacial score (nSPS) is 33.1. The van der Waals surface area contributed by atoms with E-state index in [2.05, 4.69) is 0 Å². The molecule has 1 N–H and O–H groups in total. The lowest BCUT2D eigenvalue weighted by molar-refractivity contribution is -0.162. The Kier molecular flexibility index (Phi) is 2.78. The maximum absolute atomic E-state index is 12.2. The largest absolute Gasteiger partial charge is 0.394 e. The molecule has 4 nitrogen and oxygen atoms in total. The van der Waals surface area contributed by atoms with Crippen molar-refractivity contribution in [2.75, 3.05) is 6.61 Å². The molecule has 1 aliphatic heterocycles. The van der Waals surface area contributed by atoms with Crippen molar-refractivity contribution in [1.29, 1.82) is 0 Å². The number of nitrogens with zero attached hydrogens (tertiary/aromatic N) is 1. The summed E-state index contributed by atoms with van der Waals surface area (Å²) in [6.07, 6.45) is 2.98. The fourth-order valence-corrected chi connectivity index (χ4v) is 2.78. The van der Waals surface area contributed by atoms with Crippen molar-refractivity contribution in [2.24, 2.45) is 11.8 Å². The third-order valence-corrected chi connectivity index (χ3v) is 4.21. The van der Waals surface area contributed by atoms with E-state index in [1.54, 1.807) is 6.92 Å². The van der Waals surface area contributed by atoms with Crippen LogP contribution in [0.1, 0.15) is 39.5 Å². The van der Waals surface area contributed by atoms with Gasteiger partial charge in [-0.05, 0) is 32.6 Å². The Morgan fingerprint density at radius 1 is 1.31 bits per heavy atom. The van der Waals surface area contributed by atoms with Crippen LogP contribution in [0.2, 0.25) is 0 Å². The molecule has 0 aromatic rings. The average Bonchev–Trinajstić information content (AvgIpc) is 2.73. The number of carbonyl (C=O) groups excluding carboxylic acids is 2. The van der Waals surface area contributed by atoms with Crippen molar-refractivity contribution in [1.82, 2.24) is 4.90 Å². The molecular weight excluding hydrogens is 206 g/mol. The van der Waals surface area contributed by atoms with Gasteiger partial charge in [0.25, 0.3) is 0 Å². The molecule has 2 bridgehead atoms. The number of piperidine rings is 1. The van der Waals surface area contributed by atoms with Crippen LogP contribution in [0.15, 0.2) is 0 Å². The van der Waals surface area contributed by atoms with Crippen LogP contribution in [-0.2, 0) is 9.59 Å². The molecule has 1 heterocycles. The Bertz CT molecular complexity index is 300. The number of hydrogen-bond acceptors (Lipinski definition) is 3. The Balaban J connectivity index is 2.32. The molecule has 1 aliphatic carbocycles. The highest BCUT2D eigenvalue weighted by atomic mass is 16.3. The molecule has 2 rings (SSSR count). The van der Waals surface area contributed by atoms with Gasteiger partial charge in [-0.3, -0.25) is 14.5 Å². The fraction of sp³-hybridized carbons (Fsp3) is 0.833. The van der Waals surface area contributed by atoms with Gasteiger partial charge in [-0.1, -0.05) is 6.92 Å². The molecule has 0 aromatic heterocycles. The Hall–Kier alpha value is -0.900. The minimum Gasteiger partial charge on any atom is -0.394 e. The molecule has 2 fully saturated rings. The van der Waals surface area contributed by atoms with Crippen molar-refractivity contribution >= 4 is 11.8 Å². The van der Waals surface area contributed by atoms with E-state index in [0.717, 1.165) is 19.3 Å². The predicted octanol–water partition coefficient (Wildman–Crippen LogP) is 0.933. The number of aliphatic hydroxyl groups excluding tert-OH is 1. The third kappa shape index (κ3) is 1.47. The highest BCUT2D eigenvalue weighted by molar-refractivity contribution is 6.01. The zero-order chi connectivity index (χ0) is 11.9. The highest BCUT2D eigenvalue weighted by Gasteiger charge is 2.50. The van der Waals surface area contributed by atoms with Gasteiger partial charge in [0.05, 0.1) is 12.1 Å². The molecule has 0 aromatic carbocycles. The van der Waals surface area contributed by atoms with E-state index >= 15 is 0 Å². The summed E-state index contributed by atoms with van der Waals surface area (Å²) in [6.45, 7) is 3.53. The first-order valence-electron chi connectivity index (χ1n) is 6.02. The lowest BCUT2D eigenvalue weighted by Gasteiger charge is -2.42. The number of carbonyl (C=O) groups is 2. The van der Waals surface area contributed by atoms with Crippen LogP contribution in [0.5, 0.6) is 0 Å². The SMILES string of the molecule is CCC(C)(CO)N1C(=O)C2CCC(C2)C1=O. The number of imide groups is 1. The van der Waals surface area contributed by atoms with Gasteiger partial charge >= 0.3 is 0 Å². The van der Waals surface area contributed by atoms with Crippen LogP contribution < -0.4 is 0 Å². The molecule has 90 valence electrons. The molecule has 0 spiro atoms. The number of fused-ring (bicyclic) bond motifs is 2. The number of likely N-dealkylation sites (tertiary alicyclic amines) is 1. The second-order valence-electron chi connectivity index (χ2n) is 5.23. The van der Waals surface area contributed by atoms with E-state index in [9.17, 15) is 14.7 Å². The van der Waals surface area contributed by atoms with Crippen molar-refractivity contribution in [3.63, 3.8) is 0 Å². The second kappa shape index (κ2) is 3.84. The minimum atomic E-state index is -0.713. The standard InChI is InChI=1S/C12H19NO3/c1-3-12(2,7-14)13-10(15)8-4-5-9(6-8)11(13)16/h8-9,14H,3-7H2,1-2H3. The average molecular weight is 225 g/mol. The van der Waals surface area contributed by atoms with Crippen LogP contribution >= 0.6 is 0 Å².